The Labute approximate surface area is 96.9 Å². The summed E-state index contributed by atoms with van der Waals surface area (Å²) in [5.74, 6) is 5.48. The number of ether oxygens (including phenoxy) is 1. The molecule has 8 nitrogen and oxygen atoms in total. The Balaban J connectivity index is 3.17. The van der Waals surface area contributed by atoms with E-state index in [0.29, 0.717) is 5.56 Å². The standard InChI is InChI=1S/C9H12N4O4/c1-17-9(14)12(11)8-3-2-7(13(15)16)4-6(8)5-10/h2-4H,5,10-11H2,1H3. The number of non-ortho nitro benzene ring substituents is 1. The first-order valence-corrected chi connectivity index (χ1v) is 4.61. The molecule has 0 radical (unpaired) electrons. The van der Waals surface area contributed by atoms with Crippen LogP contribution in [0.3, 0.4) is 0 Å². The second-order valence-electron chi connectivity index (χ2n) is 3.11. The number of rotatable bonds is 3. The fourth-order valence-corrected chi connectivity index (χ4v) is 1.28. The lowest BCUT2D eigenvalue weighted by molar-refractivity contribution is -0.384. The van der Waals surface area contributed by atoms with Crippen LogP contribution < -0.4 is 16.6 Å². The molecule has 0 saturated heterocycles. The van der Waals surface area contributed by atoms with Gasteiger partial charge in [0.15, 0.2) is 0 Å². The van der Waals surface area contributed by atoms with Crippen molar-refractivity contribution in [3.63, 3.8) is 0 Å². The van der Waals surface area contributed by atoms with E-state index in [2.05, 4.69) is 4.74 Å². The Hall–Kier alpha value is -2.19. The van der Waals surface area contributed by atoms with Gasteiger partial charge in [-0.15, -0.1) is 0 Å². The minimum absolute atomic E-state index is 0.0156. The lowest BCUT2D eigenvalue weighted by atomic mass is 10.1. The van der Waals surface area contributed by atoms with Crippen molar-refractivity contribution in [2.75, 3.05) is 12.1 Å². The van der Waals surface area contributed by atoms with Gasteiger partial charge in [0.1, 0.15) is 0 Å². The molecular weight excluding hydrogens is 228 g/mol. The van der Waals surface area contributed by atoms with Crippen molar-refractivity contribution in [2.45, 2.75) is 6.54 Å². The van der Waals surface area contributed by atoms with Gasteiger partial charge in [-0.25, -0.2) is 15.6 Å². The summed E-state index contributed by atoms with van der Waals surface area (Å²) in [5.41, 5.74) is 5.97. The molecule has 17 heavy (non-hydrogen) atoms. The number of methoxy groups -OCH3 is 1. The molecule has 0 fully saturated rings. The maximum Gasteiger partial charge on any atom is 0.428 e. The number of amides is 1. The van der Waals surface area contributed by atoms with Gasteiger partial charge in [0.05, 0.1) is 17.7 Å². The van der Waals surface area contributed by atoms with Gasteiger partial charge >= 0.3 is 6.09 Å². The number of nitrogens with two attached hydrogens (primary N) is 2. The van der Waals surface area contributed by atoms with Gasteiger partial charge < -0.3 is 10.5 Å². The van der Waals surface area contributed by atoms with Crippen molar-refractivity contribution in [1.29, 1.82) is 0 Å². The molecule has 1 aromatic rings. The number of nitro benzene ring substituents is 1. The SMILES string of the molecule is COC(=O)N(N)c1ccc([N+](=O)[O-])cc1CN. The fraction of sp³-hybridized carbons (Fsp3) is 0.222. The van der Waals surface area contributed by atoms with E-state index in [4.69, 9.17) is 11.6 Å². The largest absolute Gasteiger partial charge is 0.452 e. The van der Waals surface area contributed by atoms with Crippen LogP contribution in [0.25, 0.3) is 0 Å². The van der Waals surface area contributed by atoms with Gasteiger partial charge in [0.2, 0.25) is 0 Å². The summed E-state index contributed by atoms with van der Waals surface area (Å²) in [6.07, 6.45) is -0.784. The number of benzene rings is 1. The molecular formula is C9H12N4O4. The average molecular weight is 240 g/mol. The van der Waals surface area contributed by atoms with Crippen LogP contribution in [0, 0.1) is 10.1 Å². The van der Waals surface area contributed by atoms with E-state index in [1.807, 2.05) is 0 Å². The smallest absolute Gasteiger partial charge is 0.428 e. The number of carbonyl (C=O) groups is 1. The van der Waals surface area contributed by atoms with Crippen LogP contribution in [0.5, 0.6) is 0 Å². The lowest BCUT2D eigenvalue weighted by Gasteiger charge is -2.17. The molecule has 1 amide bonds. The number of anilines is 1. The summed E-state index contributed by atoms with van der Waals surface area (Å²) < 4.78 is 4.43. The highest BCUT2D eigenvalue weighted by molar-refractivity contribution is 5.87. The topological polar surface area (TPSA) is 125 Å². The van der Waals surface area contributed by atoms with Crippen molar-refractivity contribution in [3.8, 4) is 0 Å². The number of nitro groups is 1. The number of hydrogen-bond donors (Lipinski definition) is 2. The maximum atomic E-state index is 11.2. The lowest BCUT2D eigenvalue weighted by Crippen LogP contribution is -2.38. The van der Waals surface area contributed by atoms with Gasteiger partial charge in [0.25, 0.3) is 5.69 Å². The molecule has 0 unspecified atom stereocenters. The average Bonchev–Trinajstić information content (AvgIpc) is 2.35. The maximum absolute atomic E-state index is 11.2. The number of carbonyl (C=O) groups excluding carboxylic acids is 1. The Bertz CT molecular complexity index is 449. The first-order valence-electron chi connectivity index (χ1n) is 4.61. The van der Waals surface area contributed by atoms with Crippen LogP contribution in [0.1, 0.15) is 5.56 Å². The predicted octanol–water partition coefficient (Wildman–Crippen LogP) is 0.500. The van der Waals surface area contributed by atoms with Gasteiger partial charge in [-0.2, -0.15) is 0 Å². The summed E-state index contributed by atoms with van der Waals surface area (Å²) in [7, 11) is 1.18. The van der Waals surface area contributed by atoms with Crippen molar-refractivity contribution in [2.24, 2.45) is 11.6 Å². The Morgan fingerprint density at radius 3 is 2.71 bits per heavy atom. The van der Waals surface area contributed by atoms with Gasteiger partial charge in [0, 0.05) is 18.7 Å². The zero-order valence-corrected chi connectivity index (χ0v) is 9.12. The summed E-state index contributed by atoms with van der Waals surface area (Å²) in [5, 5.41) is 11.3. The number of hydrazine groups is 1. The van der Waals surface area contributed by atoms with E-state index in [9.17, 15) is 14.9 Å². The molecule has 0 aliphatic rings. The molecule has 0 atom stereocenters. The number of nitrogens with zero attached hydrogens (tertiary/aromatic N) is 2. The predicted molar refractivity (Wildman–Crippen MR) is 60.1 cm³/mol. The van der Waals surface area contributed by atoms with Crippen molar-refractivity contribution in [1.82, 2.24) is 0 Å². The van der Waals surface area contributed by atoms with E-state index in [-0.39, 0.29) is 17.9 Å². The highest BCUT2D eigenvalue weighted by atomic mass is 16.6. The molecule has 0 aromatic heterocycles. The third-order valence-corrected chi connectivity index (χ3v) is 2.12. The van der Waals surface area contributed by atoms with E-state index in [0.717, 1.165) is 5.01 Å². The molecule has 1 aromatic carbocycles. The second kappa shape index (κ2) is 5.23. The van der Waals surface area contributed by atoms with E-state index in [1.165, 1.54) is 25.3 Å². The van der Waals surface area contributed by atoms with Crippen LogP contribution in [0.4, 0.5) is 16.2 Å². The third kappa shape index (κ3) is 2.68. The van der Waals surface area contributed by atoms with Gasteiger partial charge in [-0.1, -0.05) is 0 Å². The van der Waals surface area contributed by atoms with Crippen LogP contribution in [0.15, 0.2) is 18.2 Å². The third-order valence-electron chi connectivity index (χ3n) is 2.12. The molecule has 92 valence electrons. The van der Waals surface area contributed by atoms with Crippen LogP contribution in [-0.2, 0) is 11.3 Å². The zero-order valence-electron chi connectivity index (χ0n) is 9.12. The van der Waals surface area contributed by atoms with Crippen LogP contribution >= 0.6 is 0 Å². The molecule has 4 N–H and O–H groups in total. The van der Waals surface area contributed by atoms with E-state index in [1.54, 1.807) is 0 Å². The monoisotopic (exact) mass is 240 g/mol. The minimum atomic E-state index is -0.784. The normalized spacial score (nSPS) is 9.82. The first kappa shape index (κ1) is 12.9. The summed E-state index contributed by atoms with van der Waals surface area (Å²) in [6.45, 7) is 0.0156. The second-order valence-corrected chi connectivity index (χ2v) is 3.11. The van der Waals surface area contributed by atoms with E-state index < -0.39 is 11.0 Å². The van der Waals surface area contributed by atoms with Crippen LogP contribution in [0.2, 0.25) is 0 Å². The van der Waals surface area contributed by atoms with Gasteiger partial charge in [-0.3, -0.25) is 10.1 Å². The van der Waals surface area contributed by atoms with Crippen molar-refractivity contribution in [3.05, 3.63) is 33.9 Å². The Morgan fingerprint density at radius 2 is 2.24 bits per heavy atom. The van der Waals surface area contributed by atoms with E-state index >= 15 is 0 Å². The summed E-state index contributed by atoms with van der Waals surface area (Å²) >= 11 is 0. The molecule has 8 heteroatoms. The van der Waals surface area contributed by atoms with Gasteiger partial charge in [-0.05, 0) is 11.6 Å². The molecule has 0 bridgehead atoms. The zero-order chi connectivity index (χ0) is 13.0. The van der Waals surface area contributed by atoms with Crippen LogP contribution in [-0.4, -0.2) is 18.1 Å². The first-order chi connectivity index (χ1) is 8.01. The molecule has 0 spiro atoms. The quantitative estimate of drug-likeness (QED) is 0.343. The molecule has 1 rings (SSSR count). The highest BCUT2D eigenvalue weighted by Crippen LogP contribution is 2.24. The summed E-state index contributed by atoms with van der Waals surface area (Å²) in [6, 6.07) is 3.84. The molecule has 0 aliphatic carbocycles. The molecule has 0 saturated carbocycles. The van der Waals surface area contributed by atoms with Crippen molar-refractivity contribution >= 4 is 17.5 Å². The Kier molecular flexibility index (Phi) is 3.96. The van der Waals surface area contributed by atoms with Crippen molar-refractivity contribution < 1.29 is 14.5 Å². The highest BCUT2D eigenvalue weighted by Gasteiger charge is 2.17. The molecule has 0 aliphatic heterocycles. The Morgan fingerprint density at radius 1 is 1.59 bits per heavy atom. The summed E-state index contributed by atoms with van der Waals surface area (Å²) in [4.78, 5) is 21.2. The minimum Gasteiger partial charge on any atom is -0.452 e. The molecule has 0 heterocycles. The number of hydrogen-bond acceptors (Lipinski definition) is 6. The fourth-order valence-electron chi connectivity index (χ4n) is 1.28.